The van der Waals surface area contributed by atoms with Gasteiger partial charge in [-0.2, -0.15) is 0 Å². The highest BCUT2D eigenvalue weighted by Gasteiger charge is 2.42. The van der Waals surface area contributed by atoms with Crippen molar-refractivity contribution in [2.45, 2.75) is 41.1 Å². The fourth-order valence-electron chi connectivity index (χ4n) is 4.97. The van der Waals surface area contributed by atoms with E-state index in [1.165, 1.54) is 5.56 Å². The van der Waals surface area contributed by atoms with Gasteiger partial charge in [0, 0.05) is 34.3 Å². The summed E-state index contributed by atoms with van der Waals surface area (Å²) in [5.74, 6) is 0.529. The molecule has 0 aliphatic carbocycles. The molecule has 3 aliphatic rings. The van der Waals surface area contributed by atoms with Crippen LogP contribution >= 0.6 is 11.8 Å². The van der Waals surface area contributed by atoms with E-state index < -0.39 is 0 Å². The first-order valence-electron chi connectivity index (χ1n) is 11.3. The number of urea groups is 1. The molecule has 2 bridgehead atoms. The fourth-order valence-corrected chi connectivity index (χ4v) is 5.89. The number of para-hydroxylation sites is 1. The van der Waals surface area contributed by atoms with Crippen molar-refractivity contribution >= 4 is 23.5 Å². The highest BCUT2D eigenvalue weighted by atomic mass is 32.2. The zero-order chi connectivity index (χ0) is 21.8. The van der Waals surface area contributed by atoms with Gasteiger partial charge < -0.3 is 10.6 Å². The Hall–Kier alpha value is -2.83. The van der Waals surface area contributed by atoms with E-state index in [4.69, 9.17) is 0 Å². The first-order chi connectivity index (χ1) is 15.8. The molecular weight excluding hydrogens is 416 g/mol. The van der Waals surface area contributed by atoms with Crippen molar-refractivity contribution in [1.82, 2.24) is 15.2 Å². The minimum Gasteiger partial charge on any atom is -0.333 e. The molecule has 6 rings (SSSR count). The Labute approximate surface area is 193 Å². The number of benzene rings is 2. The lowest BCUT2D eigenvalue weighted by molar-refractivity contribution is 0.0184. The lowest BCUT2D eigenvalue weighted by Crippen LogP contribution is -2.64. The van der Waals surface area contributed by atoms with Crippen LogP contribution in [0, 0.1) is 5.92 Å². The zero-order valence-corrected chi connectivity index (χ0v) is 18.8. The molecule has 2 amide bonds. The molecule has 1 aromatic heterocycles. The van der Waals surface area contributed by atoms with Crippen LogP contribution in [0.4, 0.5) is 10.5 Å². The maximum absolute atomic E-state index is 13.1. The smallest absolute Gasteiger partial charge is 0.319 e. The van der Waals surface area contributed by atoms with Gasteiger partial charge in [0.2, 0.25) is 0 Å². The number of pyridine rings is 1. The number of piperidine rings is 3. The third-order valence-electron chi connectivity index (χ3n) is 6.54. The quantitative estimate of drug-likeness (QED) is 0.558. The number of hydrogen-bond acceptors (Lipinski definition) is 4. The molecule has 0 unspecified atom stereocenters. The van der Waals surface area contributed by atoms with Crippen molar-refractivity contribution in [3.63, 3.8) is 0 Å². The standard InChI is InChI=1S/C26H28N4OS/c31-26(28-22-10-4-5-11-24(22)32-21-8-2-1-3-9-21)29-25-20-12-15-30(16-13-20)23(25)17-19-7-6-14-27-18-19/h1-11,14,18,20,23,25H,12-13,15-17H2,(H2,28,29,31)/t23-,25-/m0/s1. The Morgan fingerprint density at radius 3 is 2.56 bits per heavy atom. The average Bonchev–Trinajstić information content (AvgIpc) is 2.84. The lowest BCUT2D eigenvalue weighted by Gasteiger charge is -2.51. The first-order valence-corrected chi connectivity index (χ1v) is 12.1. The summed E-state index contributed by atoms with van der Waals surface area (Å²) in [7, 11) is 0. The Balaban J connectivity index is 1.29. The van der Waals surface area contributed by atoms with Crippen molar-refractivity contribution in [2.75, 3.05) is 18.4 Å². The van der Waals surface area contributed by atoms with Gasteiger partial charge >= 0.3 is 6.03 Å². The molecular formula is C26H28N4OS. The summed E-state index contributed by atoms with van der Waals surface area (Å²) in [4.78, 5) is 22.1. The largest absolute Gasteiger partial charge is 0.333 e. The molecule has 2 N–H and O–H groups in total. The predicted molar refractivity (Wildman–Crippen MR) is 129 cm³/mol. The maximum Gasteiger partial charge on any atom is 0.319 e. The Kier molecular flexibility index (Phi) is 6.41. The molecule has 4 heterocycles. The normalized spacial score (nSPS) is 24.1. The Bertz CT molecular complexity index is 1040. The third-order valence-corrected chi connectivity index (χ3v) is 7.62. The minimum absolute atomic E-state index is 0.124. The molecule has 5 nitrogen and oxygen atoms in total. The van der Waals surface area contributed by atoms with E-state index in [1.807, 2.05) is 60.9 Å². The van der Waals surface area contributed by atoms with Gasteiger partial charge in [-0.1, -0.05) is 48.2 Å². The molecule has 32 heavy (non-hydrogen) atoms. The van der Waals surface area contributed by atoms with Crippen LogP contribution in [0.2, 0.25) is 0 Å². The van der Waals surface area contributed by atoms with E-state index in [-0.39, 0.29) is 12.1 Å². The van der Waals surface area contributed by atoms with E-state index in [1.54, 1.807) is 11.8 Å². The summed E-state index contributed by atoms with van der Waals surface area (Å²) >= 11 is 1.66. The molecule has 0 saturated carbocycles. The van der Waals surface area contributed by atoms with Crippen molar-refractivity contribution in [1.29, 1.82) is 0 Å². The van der Waals surface area contributed by atoms with Crippen LogP contribution in [0.25, 0.3) is 0 Å². The highest BCUT2D eigenvalue weighted by Crippen LogP contribution is 2.35. The second kappa shape index (κ2) is 9.76. The summed E-state index contributed by atoms with van der Waals surface area (Å²) in [6.45, 7) is 2.23. The number of hydrogen-bond donors (Lipinski definition) is 2. The van der Waals surface area contributed by atoms with Crippen molar-refractivity contribution in [3.05, 3.63) is 84.7 Å². The highest BCUT2D eigenvalue weighted by molar-refractivity contribution is 7.99. The topological polar surface area (TPSA) is 57.3 Å². The summed E-state index contributed by atoms with van der Waals surface area (Å²) in [6, 6.07) is 22.7. The molecule has 3 fully saturated rings. The Morgan fingerprint density at radius 2 is 1.78 bits per heavy atom. The number of amides is 2. The molecule has 2 atom stereocenters. The van der Waals surface area contributed by atoms with Crippen molar-refractivity contribution in [3.8, 4) is 0 Å². The van der Waals surface area contributed by atoms with Gasteiger partial charge in [0.05, 0.1) is 5.69 Å². The second-order valence-corrected chi connectivity index (χ2v) is 9.66. The number of rotatable bonds is 6. The van der Waals surface area contributed by atoms with Gasteiger partial charge in [-0.3, -0.25) is 9.88 Å². The fraction of sp³-hybridized carbons (Fsp3) is 0.308. The molecule has 0 radical (unpaired) electrons. The summed E-state index contributed by atoms with van der Waals surface area (Å²) in [6.07, 6.45) is 6.96. The monoisotopic (exact) mass is 444 g/mol. The lowest BCUT2D eigenvalue weighted by atomic mass is 9.77. The summed E-state index contributed by atoms with van der Waals surface area (Å²) in [5, 5.41) is 6.46. The van der Waals surface area contributed by atoms with Crippen molar-refractivity contribution in [2.24, 2.45) is 5.92 Å². The average molecular weight is 445 g/mol. The number of carbonyl (C=O) groups is 1. The van der Waals surface area contributed by atoms with Crippen LogP contribution in [0.1, 0.15) is 18.4 Å². The molecule has 164 valence electrons. The molecule has 3 aromatic rings. The molecule has 0 spiro atoms. The molecule has 3 saturated heterocycles. The zero-order valence-electron chi connectivity index (χ0n) is 18.0. The number of fused-ring (bicyclic) bond motifs is 3. The van der Waals surface area contributed by atoms with Gasteiger partial charge in [0.1, 0.15) is 0 Å². The number of anilines is 1. The van der Waals surface area contributed by atoms with Crippen LogP contribution in [0.3, 0.4) is 0 Å². The molecule has 6 heteroatoms. The van der Waals surface area contributed by atoms with Crippen LogP contribution in [-0.4, -0.2) is 41.1 Å². The van der Waals surface area contributed by atoms with Crippen LogP contribution in [-0.2, 0) is 6.42 Å². The van der Waals surface area contributed by atoms with E-state index in [2.05, 4.69) is 38.7 Å². The Morgan fingerprint density at radius 1 is 1.00 bits per heavy atom. The van der Waals surface area contributed by atoms with E-state index in [9.17, 15) is 4.79 Å². The van der Waals surface area contributed by atoms with Crippen LogP contribution in [0.15, 0.2) is 88.9 Å². The predicted octanol–water partition coefficient (Wildman–Crippen LogP) is 5.06. The molecule has 2 aromatic carbocycles. The first kappa shape index (κ1) is 21.0. The number of nitrogens with one attached hydrogen (secondary N) is 2. The summed E-state index contributed by atoms with van der Waals surface area (Å²) < 4.78 is 0. The van der Waals surface area contributed by atoms with Gasteiger partial charge in [0.15, 0.2) is 0 Å². The third kappa shape index (κ3) is 4.81. The van der Waals surface area contributed by atoms with Crippen molar-refractivity contribution < 1.29 is 4.79 Å². The molecule has 3 aliphatic heterocycles. The van der Waals surface area contributed by atoms with Gasteiger partial charge in [-0.05, 0) is 74.2 Å². The van der Waals surface area contributed by atoms with E-state index in [0.29, 0.717) is 12.0 Å². The van der Waals surface area contributed by atoms with Crippen LogP contribution in [0.5, 0.6) is 0 Å². The summed E-state index contributed by atoms with van der Waals surface area (Å²) in [5.41, 5.74) is 2.06. The van der Waals surface area contributed by atoms with E-state index >= 15 is 0 Å². The van der Waals surface area contributed by atoms with Gasteiger partial charge in [-0.15, -0.1) is 0 Å². The van der Waals surface area contributed by atoms with Gasteiger partial charge in [0.25, 0.3) is 0 Å². The number of nitrogens with zero attached hydrogens (tertiary/aromatic N) is 2. The SMILES string of the molecule is O=C(Nc1ccccc1Sc1ccccc1)N[C@H]1C2CCN(CC2)[C@H]1Cc1cccnc1. The van der Waals surface area contributed by atoms with E-state index in [0.717, 1.165) is 47.8 Å². The number of carbonyl (C=O) groups excluding carboxylic acids is 1. The van der Waals surface area contributed by atoms with Gasteiger partial charge in [-0.25, -0.2) is 4.79 Å². The minimum atomic E-state index is -0.124. The van der Waals surface area contributed by atoms with Crippen LogP contribution < -0.4 is 10.6 Å². The second-order valence-electron chi connectivity index (χ2n) is 8.54. The number of aromatic nitrogens is 1. The maximum atomic E-state index is 13.1.